The molecule has 0 saturated heterocycles. The first kappa shape index (κ1) is 32.2. The molecule has 2 nitrogen and oxygen atoms in total. The van der Waals surface area contributed by atoms with E-state index in [9.17, 15) is 0 Å². The number of fused-ring (bicyclic) bond motifs is 6. The van der Waals surface area contributed by atoms with Crippen LogP contribution in [-0.4, -0.2) is 13.6 Å². The van der Waals surface area contributed by atoms with Crippen molar-refractivity contribution in [3.63, 3.8) is 0 Å². The first-order valence-electron chi connectivity index (χ1n) is 18.2. The predicted molar refractivity (Wildman–Crippen MR) is 224 cm³/mol. The van der Waals surface area contributed by atoms with Gasteiger partial charge in [0.1, 0.15) is 0 Å². The summed E-state index contributed by atoms with van der Waals surface area (Å²) in [7, 11) is 1.99. The quantitative estimate of drug-likeness (QED) is 0.156. The minimum absolute atomic E-state index is 0.601. The first-order chi connectivity index (χ1) is 25.6. The lowest BCUT2D eigenvalue weighted by molar-refractivity contribution is 0.773. The van der Waals surface area contributed by atoms with Crippen molar-refractivity contribution in [2.24, 2.45) is 0 Å². The summed E-state index contributed by atoms with van der Waals surface area (Å²) < 4.78 is 2.59. The van der Waals surface area contributed by atoms with Crippen LogP contribution in [0.25, 0.3) is 59.1 Å². The molecular formula is C49H40N2S. The highest BCUT2D eigenvalue weighted by molar-refractivity contribution is 7.26. The molecule has 0 atom stereocenters. The predicted octanol–water partition coefficient (Wildman–Crippen LogP) is 12.3. The Morgan fingerprint density at radius 3 is 1.98 bits per heavy atom. The molecule has 1 aliphatic carbocycles. The van der Waals surface area contributed by atoms with E-state index in [4.69, 9.17) is 5.73 Å². The van der Waals surface area contributed by atoms with Crippen molar-refractivity contribution < 1.29 is 0 Å². The van der Waals surface area contributed by atoms with Crippen LogP contribution in [0.2, 0.25) is 0 Å². The summed E-state index contributed by atoms with van der Waals surface area (Å²) in [5.41, 5.74) is 22.1. The summed E-state index contributed by atoms with van der Waals surface area (Å²) >= 11 is 1.88. The fourth-order valence-corrected chi connectivity index (χ4v) is 9.74. The molecule has 1 aromatic heterocycles. The largest absolute Gasteiger partial charge is 0.398 e. The van der Waals surface area contributed by atoms with Crippen LogP contribution in [0.1, 0.15) is 41.2 Å². The van der Waals surface area contributed by atoms with Gasteiger partial charge in [-0.25, -0.2) is 0 Å². The van der Waals surface area contributed by atoms with E-state index in [-0.39, 0.29) is 0 Å². The maximum atomic E-state index is 7.01. The zero-order valence-corrected chi connectivity index (χ0v) is 30.3. The highest BCUT2D eigenvalue weighted by Crippen LogP contribution is 2.58. The van der Waals surface area contributed by atoms with E-state index in [0.717, 1.165) is 24.2 Å². The van der Waals surface area contributed by atoms with E-state index in [0.29, 0.717) is 0 Å². The summed E-state index contributed by atoms with van der Waals surface area (Å²) in [5, 5.41) is 5.81. The third-order valence-electron chi connectivity index (χ3n) is 10.9. The summed E-state index contributed by atoms with van der Waals surface area (Å²) in [6.45, 7) is 3.09. The maximum absolute atomic E-state index is 7.01. The van der Waals surface area contributed by atoms with Gasteiger partial charge in [-0.15, -0.1) is 11.3 Å². The van der Waals surface area contributed by atoms with E-state index in [2.05, 4.69) is 170 Å². The van der Waals surface area contributed by atoms with E-state index in [1.807, 2.05) is 24.5 Å². The Hall–Kier alpha value is -5.74. The number of benzene rings is 7. The fourth-order valence-electron chi connectivity index (χ4n) is 8.52. The highest BCUT2D eigenvalue weighted by atomic mass is 32.1. The summed E-state index contributed by atoms with van der Waals surface area (Å²) in [4.78, 5) is 0. The van der Waals surface area contributed by atoms with Crippen LogP contribution in [-0.2, 0) is 5.41 Å². The van der Waals surface area contributed by atoms with Crippen molar-refractivity contribution in [3.05, 3.63) is 192 Å². The van der Waals surface area contributed by atoms with Crippen molar-refractivity contribution in [3.8, 4) is 33.4 Å². The van der Waals surface area contributed by atoms with Crippen molar-refractivity contribution in [2.75, 3.05) is 19.3 Å². The molecule has 8 aromatic rings. The van der Waals surface area contributed by atoms with Crippen molar-refractivity contribution in [1.29, 1.82) is 0 Å². The molecule has 0 unspecified atom stereocenters. The third-order valence-corrected chi connectivity index (χ3v) is 12.1. The zero-order chi connectivity index (χ0) is 35.2. The fraction of sp³-hybridized carbons (Fsp3) is 0.102. The van der Waals surface area contributed by atoms with Gasteiger partial charge in [0.2, 0.25) is 0 Å². The average molecular weight is 689 g/mol. The Morgan fingerprint density at radius 2 is 1.27 bits per heavy atom. The van der Waals surface area contributed by atoms with Gasteiger partial charge in [-0.05, 0) is 111 Å². The summed E-state index contributed by atoms with van der Waals surface area (Å²) in [6.07, 6.45) is 3.29. The van der Waals surface area contributed by atoms with Gasteiger partial charge in [-0.3, -0.25) is 0 Å². The van der Waals surface area contributed by atoms with Crippen LogP contribution >= 0.6 is 11.3 Å². The number of nitrogens with one attached hydrogen (secondary N) is 1. The Kier molecular flexibility index (Phi) is 8.11. The monoisotopic (exact) mass is 688 g/mol. The first-order valence-corrected chi connectivity index (χ1v) is 19.0. The average Bonchev–Trinajstić information content (AvgIpc) is 3.72. The van der Waals surface area contributed by atoms with Gasteiger partial charge in [0, 0.05) is 32.4 Å². The number of allylic oxidation sites excluding steroid dienone is 1. The molecular weight excluding hydrogens is 649 g/mol. The molecule has 3 N–H and O–H groups in total. The van der Waals surface area contributed by atoms with Crippen LogP contribution in [0.5, 0.6) is 0 Å². The van der Waals surface area contributed by atoms with Crippen LogP contribution < -0.4 is 11.1 Å². The van der Waals surface area contributed by atoms with Gasteiger partial charge in [0.05, 0.1) is 5.41 Å². The molecule has 0 spiro atoms. The second-order valence-corrected chi connectivity index (χ2v) is 14.8. The molecule has 9 rings (SSSR count). The van der Waals surface area contributed by atoms with Crippen LogP contribution in [0.4, 0.5) is 5.69 Å². The summed E-state index contributed by atoms with van der Waals surface area (Å²) in [6, 6.07) is 58.2. The third kappa shape index (κ3) is 5.04. The van der Waals surface area contributed by atoms with Gasteiger partial charge >= 0.3 is 0 Å². The molecule has 252 valence electrons. The molecule has 0 aliphatic heterocycles. The Morgan fingerprint density at radius 1 is 0.615 bits per heavy atom. The molecule has 0 bridgehead atoms. The lowest BCUT2D eigenvalue weighted by Crippen LogP contribution is -2.29. The molecule has 3 heteroatoms. The number of likely N-dealkylation sites (N-methyl/N-ethyl adjacent to an activating group) is 1. The maximum Gasteiger partial charge on any atom is 0.0733 e. The number of para-hydroxylation sites is 1. The number of thiophene rings is 1. The van der Waals surface area contributed by atoms with Crippen molar-refractivity contribution >= 4 is 42.8 Å². The lowest BCUT2D eigenvalue weighted by atomic mass is 9.66. The smallest absolute Gasteiger partial charge is 0.0733 e. The molecule has 0 amide bonds. The van der Waals surface area contributed by atoms with Gasteiger partial charge in [0.15, 0.2) is 0 Å². The normalized spacial score (nSPS) is 13.4. The number of hydrogen-bond donors (Lipinski definition) is 2. The second-order valence-electron chi connectivity index (χ2n) is 13.7. The molecule has 52 heavy (non-hydrogen) atoms. The van der Waals surface area contributed by atoms with Gasteiger partial charge in [-0.1, -0.05) is 140 Å². The van der Waals surface area contributed by atoms with Gasteiger partial charge in [-0.2, -0.15) is 0 Å². The Bertz CT molecular complexity index is 2600. The van der Waals surface area contributed by atoms with Crippen LogP contribution in [0.15, 0.2) is 164 Å². The molecule has 0 fully saturated rings. The molecule has 0 radical (unpaired) electrons. The van der Waals surface area contributed by atoms with Crippen molar-refractivity contribution in [1.82, 2.24) is 5.32 Å². The van der Waals surface area contributed by atoms with E-state index < -0.39 is 5.41 Å². The number of nitrogens with two attached hydrogens (primary N) is 1. The standard InChI is InChI=1S/C49H40N2S/c1-3-32(27-28-51-2)33-23-25-34(26-24-33)35-13-12-14-36(29-35)41-30-37(31-42-40-17-6-11-22-47(40)52-48(41)42)49(45-20-9-10-21-46(45)50)43-18-7-4-15-38(43)39-16-5-8-19-44(39)49/h4-27,29-31,51H,3,28,50H2,1-2H3/b32-27+. The minimum atomic E-state index is -0.601. The number of hydrogen-bond acceptors (Lipinski definition) is 3. The zero-order valence-electron chi connectivity index (χ0n) is 29.5. The van der Waals surface area contributed by atoms with Gasteiger partial charge in [0.25, 0.3) is 0 Å². The Balaban J connectivity index is 1.30. The Labute approximate surface area is 309 Å². The number of nitrogen functional groups attached to an aromatic ring is 1. The van der Waals surface area contributed by atoms with Crippen molar-refractivity contribution in [2.45, 2.75) is 18.8 Å². The van der Waals surface area contributed by atoms with Gasteiger partial charge < -0.3 is 11.1 Å². The molecule has 0 saturated carbocycles. The molecule has 1 aliphatic rings. The SMILES string of the molecule is CC/C(=C\CNC)c1ccc(-c2cccc(-c3cc(C4(c5ccccc5N)c5ccccc5-c5ccccc54)cc4c3sc3ccccc34)c2)cc1. The topological polar surface area (TPSA) is 38.0 Å². The second kappa shape index (κ2) is 13.1. The van der Waals surface area contributed by atoms with E-state index in [1.165, 1.54) is 81.4 Å². The lowest BCUT2D eigenvalue weighted by Gasteiger charge is -2.35. The molecule has 1 heterocycles. The van der Waals surface area contributed by atoms with Crippen LogP contribution in [0, 0.1) is 0 Å². The van der Waals surface area contributed by atoms with E-state index >= 15 is 0 Å². The summed E-state index contributed by atoms with van der Waals surface area (Å²) in [5.74, 6) is 0. The highest BCUT2D eigenvalue weighted by Gasteiger charge is 2.47. The number of anilines is 1. The number of rotatable bonds is 8. The minimum Gasteiger partial charge on any atom is -0.398 e. The van der Waals surface area contributed by atoms with E-state index in [1.54, 1.807) is 0 Å². The molecule has 7 aromatic carbocycles. The van der Waals surface area contributed by atoms with Crippen LogP contribution in [0.3, 0.4) is 0 Å².